The van der Waals surface area contributed by atoms with Crippen LogP contribution in [0.4, 0.5) is 0 Å². The second kappa shape index (κ2) is 8.97. The number of sulfone groups is 1. The number of thiocarbonyl (C=S) groups is 1. The Morgan fingerprint density at radius 2 is 1.63 bits per heavy atom. The minimum atomic E-state index is -3.10. The molecule has 0 fully saturated rings. The topological polar surface area (TPSA) is 46.5 Å². The van der Waals surface area contributed by atoms with Crippen LogP contribution in [0.15, 0.2) is 40.2 Å². The molecule has 0 N–H and O–H groups in total. The fourth-order valence-corrected chi connectivity index (χ4v) is 3.29. The Morgan fingerprint density at radius 1 is 1.00 bits per heavy atom. The third kappa shape index (κ3) is 6.62. The highest BCUT2D eigenvalue weighted by molar-refractivity contribution is 7.91. The molecular formula is C14H19NO2S2. The molecule has 0 atom stereocenters. The van der Waals surface area contributed by atoms with Crippen molar-refractivity contribution < 1.29 is 8.42 Å². The van der Waals surface area contributed by atoms with E-state index >= 15 is 0 Å². The Hall–Kier alpha value is -1.03. The predicted octanol–water partition coefficient (Wildman–Crippen LogP) is 3.51. The van der Waals surface area contributed by atoms with Crippen LogP contribution >= 0.6 is 12.2 Å². The molecular weight excluding hydrogens is 278 g/mol. The maximum atomic E-state index is 12.0. The SMILES string of the molecule is O=S(=O)(CCCCCCCN=C=S)c1ccccc1. The van der Waals surface area contributed by atoms with Gasteiger partial charge in [-0.25, -0.2) is 13.4 Å². The van der Waals surface area contributed by atoms with Crippen molar-refractivity contribution in [2.75, 3.05) is 12.3 Å². The third-order valence-electron chi connectivity index (χ3n) is 2.85. The quantitative estimate of drug-likeness (QED) is 0.398. The Balaban J connectivity index is 2.20. The van der Waals surface area contributed by atoms with E-state index in [4.69, 9.17) is 0 Å². The molecule has 19 heavy (non-hydrogen) atoms. The van der Waals surface area contributed by atoms with E-state index in [0.29, 0.717) is 11.3 Å². The lowest BCUT2D eigenvalue weighted by Crippen LogP contribution is -2.06. The van der Waals surface area contributed by atoms with E-state index in [2.05, 4.69) is 22.4 Å². The zero-order valence-corrected chi connectivity index (χ0v) is 12.5. The Kier molecular flexibility index (Phi) is 7.56. The maximum absolute atomic E-state index is 12.0. The Bertz CT molecular complexity index is 506. The van der Waals surface area contributed by atoms with Crippen LogP contribution in [0.1, 0.15) is 32.1 Å². The van der Waals surface area contributed by atoms with E-state index in [-0.39, 0.29) is 5.75 Å². The first-order chi connectivity index (χ1) is 9.17. The van der Waals surface area contributed by atoms with Crippen molar-refractivity contribution in [1.82, 2.24) is 0 Å². The van der Waals surface area contributed by atoms with Crippen molar-refractivity contribution in [1.29, 1.82) is 0 Å². The lowest BCUT2D eigenvalue weighted by atomic mass is 10.1. The van der Waals surface area contributed by atoms with Gasteiger partial charge in [-0.1, -0.05) is 37.5 Å². The van der Waals surface area contributed by atoms with Crippen LogP contribution in [0.5, 0.6) is 0 Å². The molecule has 0 aliphatic carbocycles. The van der Waals surface area contributed by atoms with Crippen LogP contribution in [0.25, 0.3) is 0 Å². The summed E-state index contributed by atoms with van der Waals surface area (Å²) in [6, 6.07) is 8.63. The van der Waals surface area contributed by atoms with E-state index in [0.717, 1.165) is 32.2 Å². The van der Waals surface area contributed by atoms with Crippen molar-refractivity contribution in [3.8, 4) is 0 Å². The first kappa shape index (κ1) is 16.0. The lowest BCUT2D eigenvalue weighted by Gasteiger charge is -2.04. The summed E-state index contributed by atoms with van der Waals surface area (Å²) in [6.07, 6.45) is 4.75. The van der Waals surface area contributed by atoms with E-state index in [9.17, 15) is 8.42 Å². The molecule has 0 radical (unpaired) electrons. The molecule has 0 aliphatic rings. The minimum Gasteiger partial charge on any atom is -0.233 e. The highest BCUT2D eigenvalue weighted by Crippen LogP contribution is 2.13. The first-order valence-electron chi connectivity index (χ1n) is 6.48. The van der Waals surface area contributed by atoms with Gasteiger partial charge in [0.1, 0.15) is 0 Å². The number of nitrogens with zero attached hydrogens (tertiary/aromatic N) is 1. The number of aliphatic imine (C=N–C) groups is 1. The smallest absolute Gasteiger partial charge is 0.178 e. The van der Waals surface area contributed by atoms with Gasteiger partial charge >= 0.3 is 0 Å². The molecule has 0 aliphatic heterocycles. The van der Waals surface area contributed by atoms with Crippen LogP contribution in [0.3, 0.4) is 0 Å². The molecule has 5 heteroatoms. The van der Waals surface area contributed by atoms with Crippen LogP contribution in [0.2, 0.25) is 0 Å². The summed E-state index contributed by atoms with van der Waals surface area (Å²) in [5.74, 6) is 0.231. The van der Waals surface area contributed by atoms with Crippen molar-refractivity contribution in [2.45, 2.75) is 37.0 Å². The van der Waals surface area contributed by atoms with Crippen LogP contribution in [-0.2, 0) is 9.84 Å². The molecule has 3 nitrogen and oxygen atoms in total. The zero-order valence-electron chi connectivity index (χ0n) is 10.9. The molecule has 1 rings (SSSR count). The van der Waals surface area contributed by atoms with E-state index in [1.165, 1.54) is 0 Å². The second-order valence-electron chi connectivity index (χ2n) is 4.37. The summed E-state index contributed by atoms with van der Waals surface area (Å²) >= 11 is 4.48. The predicted molar refractivity (Wildman–Crippen MR) is 81.5 cm³/mol. The van der Waals surface area contributed by atoms with Gasteiger partial charge < -0.3 is 0 Å². The summed E-state index contributed by atoms with van der Waals surface area (Å²) < 4.78 is 23.9. The van der Waals surface area contributed by atoms with Gasteiger partial charge in [0.25, 0.3) is 0 Å². The maximum Gasteiger partial charge on any atom is 0.178 e. The first-order valence-corrected chi connectivity index (χ1v) is 8.54. The summed E-state index contributed by atoms with van der Waals surface area (Å²) in [4.78, 5) is 4.26. The van der Waals surface area contributed by atoms with Gasteiger partial charge in [0.05, 0.1) is 15.8 Å². The molecule has 104 valence electrons. The Labute approximate surface area is 120 Å². The van der Waals surface area contributed by atoms with Crippen molar-refractivity contribution in [2.24, 2.45) is 4.99 Å². The van der Waals surface area contributed by atoms with Gasteiger partial charge in [0.15, 0.2) is 9.84 Å². The van der Waals surface area contributed by atoms with Crippen molar-refractivity contribution in [3.63, 3.8) is 0 Å². The molecule has 0 bridgehead atoms. The number of hydrogen-bond acceptors (Lipinski definition) is 4. The molecule has 0 unspecified atom stereocenters. The highest BCUT2D eigenvalue weighted by Gasteiger charge is 2.12. The van der Waals surface area contributed by atoms with Crippen molar-refractivity contribution in [3.05, 3.63) is 30.3 Å². The molecule has 1 aromatic carbocycles. The van der Waals surface area contributed by atoms with E-state index in [1.807, 2.05) is 6.07 Å². The molecule has 0 saturated carbocycles. The Morgan fingerprint density at radius 3 is 2.32 bits per heavy atom. The monoisotopic (exact) mass is 297 g/mol. The fourth-order valence-electron chi connectivity index (χ4n) is 1.80. The number of isothiocyanates is 1. The molecule has 0 saturated heterocycles. The molecule has 0 aromatic heterocycles. The minimum absolute atomic E-state index is 0.231. The van der Waals surface area contributed by atoms with Gasteiger partial charge in [0.2, 0.25) is 0 Å². The molecule has 0 amide bonds. The number of benzene rings is 1. The second-order valence-corrected chi connectivity index (χ2v) is 6.66. The molecule has 0 spiro atoms. The van der Waals surface area contributed by atoms with Gasteiger partial charge in [0, 0.05) is 6.54 Å². The highest BCUT2D eigenvalue weighted by atomic mass is 32.2. The molecule has 0 heterocycles. The average molecular weight is 297 g/mol. The third-order valence-corrected chi connectivity index (χ3v) is 4.80. The van der Waals surface area contributed by atoms with Gasteiger partial charge in [-0.3, -0.25) is 0 Å². The van der Waals surface area contributed by atoms with Gasteiger partial charge in [-0.2, -0.15) is 0 Å². The normalized spacial score (nSPS) is 10.9. The number of unbranched alkanes of at least 4 members (excludes halogenated alkanes) is 4. The van der Waals surface area contributed by atoms with E-state index < -0.39 is 9.84 Å². The van der Waals surface area contributed by atoms with Gasteiger partial charge in [-0.05, 0) is 37.2 Å². The van der Waals surface area contributed by atoms with Crippen LogP contribution < -0.4 is 0 Å². The van der Waals surface area contributed by atoms with Gasteiger partial charge in [-0.15, -0.1) is 0 Å². The lowest BCUT2D eigenvalue weighted by molar-refractivity contribution is 0.585. The largest absolute Gasteiger partial charge is 0.233 e. The van der Waals surface area contributed by atoms with E-state index in [1.54, 1.807) is 24.3 Å². The average Bonchev–Trinajstić information content (AvgIpc) is 2.43. The number of rotatable bonds is 9. The number of hydrogen-bond donors (Lipinski definition) is 0. The van der Waals surface area contributed by atoms with Crippen LogP contribution in [-0.4, -0.2) is 25.9 Å². The molecule has 1 aromatic rings. The standard InChI is InChI=1S/C14H19NO2S2/c16-19(17,14-9-5-4-6-10-14)12-8-3-1-2-7-11-15-13-18/h4-6,9-10H,1-3,7-8,11-12H2. The zero-order chi connectivity index (χ0) is 14.0. The summed E-state index contributed by atoms with van der Waals surface area (Å²) in [7, 11) is -3.10. The summed E-state index contributed by atoms with van der Waals surface area (Å²) in [5, 5.41) is 2.34. The van der Waals surface area contributed by atoms with Crippen molar-refractivity contribution >= 4 is 27.2 Å². The fraction of sp³-hybridized carbons (Fsp3) is 0.500. The summed E-state index contributed by atoms with van der Waals surface area (Å²) in [6.45, 7) is 0.728. The summed E-state index contributed by atoms with van der Waals surface area (Å²) in [5.41, 5.74) is 0. The van der Waals surface area contributed by atoms with Crippen LogP contribution in [0, 0.1) is 0 Å².